The van der Waals surface area contributed by atoms with Gasteiger partial charge in [0.25, 0.3) is 0 Å². The van der Waals surface area contributed by atoms with Crippen molar-refractivity contribution in [2.24, 2.45) is 0 Å². The molecule has 1 aromatic heterocycles. The van der Waals surface area contributed by atoms with Crippen molar-refractivity contribution in [3.63, 3.8) is 0 Å². The molecular formula is C25H23N5OS. The molecule has 0 saturated carbocycles. The number of anilines is 4. The molecule has 0 radical (unpaired) electrons. The van der Waals surface area contributed by atoms with E-state index in [0.29, 0.717) is 22.6 Å². The van der Waals surface area contributed by atoms with Crippen LogP contribution in [0.1, 0.15) is 21.5 Å². The lowest BCUT2D eigenvalue weighted by atomic mass is 10.2. The molecule has 1 heterocycles. The Labute approximate surface area is 191 Å². The van der Waals surface area contributed by atoms with Gasteiger partial charge < -0.3 is 10.6 Å². The number of carbonyl (C=O) groups excluding carboxylic acids is 1. The minimum Gasteiger partial charge on any atom is -0.324 e. The normalized spacial score (nSPS) is 10.6. The van der Waals surface area contributed by atoms with Crippen LogP contribution in [0.25, 0.3) is 0 Å². The summed E-state index contributed by atoms with van der Waals surface area (Å²) in [6.07, 6.45) is 0. The predicted octanol–water partition coefficient (Wildman–Crippen LogP) is 5.95. The van der Waals surface area contributed by atoms with Crippen molar-refractivity contribution in [2.75, 3.05) is 16.4 Å². The molecule has 0 spiro atoms. The van der Waals surface area contributed by atoms with Crippen LogP contribution in [0.5, 0.6) is 0 Å². The number of Topliss-reactive ketones (excluding diaryl/α,β-unsaturated/α-hetero) is 1. The van der Waals surface area contributed by atoms with Gasteiger partial charge in [-0.3, -0.25) is 4.79 Å². The Kier molecular flexibility index (Phi) is 6.77. The van der Waals surface area contributed by atoms with Gasteiger partial charge in [0.1, 0.15) is 0 Å². The van der Waals surface area contributed by atoms with Crippen molar-refractivity contribution in [1.29, 1.82) is 0 Å². The average molecular weight is 442 g/mol. The van der Waals surface area contributed by atoms with Gasteiger partial charge in [-0.05, 0) is 38.1 Å². The van der Waals surface area contributed by atoms with E-state index in [1.807, 2.05) is 92.7 Å². The lowest BCUT2D eigenvalue weighted by Gasteiger charge is -2.10. The van der Waals surface area contributed by atoms with E-state index in [0.717, 1.165) is 11.4 Å². The zero-order valence-electron chi connectivity index (χ0n) is 17.9. The first-order chi connectivity index (χ1) is 15.5. The highest BCUT2D eigenvalue weighted by Crippen LogP contribution is 2.22. The van der Waals surface area contributed by atoms with E-state index in [2.05, 4.69) is 25.6 Å². The molecule has 0 aliphatic heterocycles. The van der Waals surface area contributed by atoms with Crippen molar-refractivity contribution < 1.29 is 4.79 Å². The van der Waals surface area contributed by atoms with Crippen LogP contribution in [0, 0.1) is 13.8 Å². The standard InChI is InChI=1S/C25H23N5OS/c1-17-8-12-20(13-9-17)26-23-28-24(27-21-14-10-18(2)11-15-21)30-25(29-23)32-16-22(31)19-6-4-3-5-7-19/h3-15H,16H2,1-2H3,(H2,26,27,28,29,30). The highest BCUT2D eigenvalue weighted by atomic mass is 32.2. The third-order valence-corrected chi connectivity index (χ3v) is 5.51. The van der Waals surface area contributed by atoms with Crippen LogP contribution in [0.4, 0.5) is 23.3 Å². The number of rotatable bonds is 8. The zero-order valence-corrected chi connectivity index (χ0v) is 18.7. The van der Waals surface area contributed by atoms with Crippen LogP contribution in [-0.4, -0.2) is 26.5 Å². The first-order valence-electron chi connectivity index (χ1n) is 10.2. The van der Waals surface area contributed by atoms with Crippen LogP contribution in [0.3, 0.4) is 0 Å². The molecule has 2 N–H and O–H groups in total. The minimum absolute atomic E-state index is 0.0251. The van der Waals surface area contributed by atoms with Crippen LogP contribution in [-0.2, 0) is 0 Å². The largest absolute Gasteiger partial charge is 0.324 e. The maximum absolute atomic E-state index is 12.5. The topological polar surface area (TPSA) is 79.8 Å². The number of nitrogens with one attached hydrogen (secondary N) is 2. The molecule has 32 heavy (non-hydrogen) atoms. The average Bonchev–Trinajstić information content (AvgIpc) is 2.81. The van der Waals surface area contributed by atoms with Crippen molar-refractivity contribution in [3.05, 3.63) is 95.6 Å². The number of hydrogen-bond donors (Lipinski definition) is 2. The van der Waals surface area contributed by atoms with E-state index in [9.17, 15) is 4.79 Å². The Balaban J connectivity index is 1.56. The summed E-state index contributed by atoms with van der Waals surface area (Å²) in [7, 11) is 0. The molecule has 3 aromatic carbocycles. The SMILES string of the molecule is Cc1ccc(Nc2nc(Nc3ccc(C)cc3)nc(SCC(=O)c3ccccc3)n2)cc1. The van der Waals surface area contributed by atoms with E-state index >= 15 is 0 Å². The fraction of sp³-hybridized carbons (Fsp3) is 0.120. The summed E-state index contributed by atoms with van der Waals surface area (Å²) in [4.78, 5) is 26.0. The van der Waals surface area contributed by atoms with Gasteiger partial charge in [-0.15, -0.1) is 0 Å². The molecule has 0 saturated heterocycles. The quantitative estimate of drug-likeness (QED) is 0.258. The fourth-order valence-electron chi connectivity index (χ4n) is 2.90. The van der Waals surface area contributed by atoms with Gasteiger partial charge >= 0.3 is 0 Å². The lowest BCUT2D eigenvalue weighted by molar-refractivity contribution is 0.102. The Hall–Kier alpha value is -3.71. The van der Waals surface area contributed by atoms with Gasteiger partial charge in [-0.25, -0.2) is 0 Å². The van der Waals surface area contributed by atoms with Gasteiger partial charge in [0.2, 0.25) is 11.9 Å². The van der Waals surface area contributed by atoms with Gasteiger partial charge in [0.15, 0.2) is 10.9 Å². The molecule has 4 aromatic rings. The second kappa shape index (κ2) is 10.1. The van der Waals surface area contributed by atoms with Crippen molar-refractivity contribution in [1.82, 2.24) is 15.0 Å². The number of nitrogens with zero attached hydrogens (tertiary/aromatic N) is 3. The highest BCUT2D eigenvalue weighted by Gasteiger charge is 2.12. The van der Waals surface area contributed by atoms with Crippen molar-refractivity contribution >= 4 is 40.8 Å². The summed E-state index contributed by atoms with van der Waals surface area (Å²) in [5, 5.41) is 6.92. The van der Waals surface area contributed by atoms with Crippen LogP contribution >= 0.6 is 11.8 Å². The molecular weight excluding hydrogens is 418 g/mol. The number of ketones is 1. The number of benzene rings is 3. The summed E-state index contributed by atoms with van der Waals surface area (Å²) in [5.41, 5.74) is 4.76. The number of aryl methyl sites for hydroxylation is 2. The molecule has 0 amide bonds. The number of hydrogen-bond acceptors (Lipinski definition) is 7. The summed E-state index contributed by atoms with van der Waals surface area (Å²) in [6.45, 7) is 4.07. The molecule has 0 bridgehead atoms. The molecule has 4 rings (SSSR count). The molecule has 0 unspecified atom stereocenters. The first-order valence-corrected chi connectivity index (χ1v) is 11.2. The summed E-state index contributed by atoms with van der Waals surface area (Å²) in [6, 6.07) is 25.2. The van der Waals surface area contributed by atoms with E-state index < -0.39 is 0 Å². The molecule has 6 nitrogen and oxygen atoms in total. The number of carbonyl (C=O) groups is 1. The second-order valence-electron chi connectivity index (χ2n) is 7.33. The maximum Gasteiger partial charge on any atom is 0.233 e. The third-order valence-electron chi connectivity index (χ3n) is 4.66. The third kappa shape index (κ3) is 5.92. The first kappa shape index (κ1) is 21.5. The molecule has 0 fully saturated rings. The number of aromatic nitrogens is 3. The Morgan fingerprint density at radius 1 is 0.719 bits per heavy atom. The summed E-state index contributed by atoms with van der Waals surface area (Å²) in [5.74, 6) is 1.08. The minimum atomic E-state index is 0.0251. The number of thioether (sulfide) groups is 1. The smallest absolute Gasteiger partial charge is 0.233 e. The summed E-state index contributed by atoms with van der Waals surface area (Å²) >= 11 is 1.29. The van der Waals surface area contributed by atoms with Crippen molar-refractivity contribution in [2.45, 2.75) is 19.0 Å². The molecule has 7 heteroatoms. The zero-order chi connectivity index (χ0) is 22.3. The van der Waals surface area contributed by atoms with E-state index in [1.54, 1.807) is 0 Å². The van der Waals surface area contributed by atoms with Crippen LogP contribution in [0.2, 0.25) is 0 Å². The van der Waals surface area contributed by atoms with Crippen LogP contribution < -0.4 is 10.6 Å². The lowest BCUT2D eigenvalue weighted by Crippen LogP contribution is -2.07. The Morgan fingerprint density at radius 2 is 1.22 bits per heavy atom. The monoisotopic (exact) mass is 441 g/mol. The van der Waals surface area contributed by atoms with Gasteiger partial charge in [0.05, 0.1) is 5.75 Å². The molecule has 0 aliphatic rings. The van der Waals surface area contributed by atoms with Gasteiger partial charge in [-0.1, -0.05) is 77.5 Å². The summed E-state index contributed by atoms with van der Waals surface area (Å²) < 4.78 is 0. The van der Waals surface area contributed by atoms with Crippen molar-refractivity contribution in [3.8, 4) is 0 Å². The highest BCUT2D eigenvalue weighted by molar-refractivity contribution is 7.99. The van der Waals surface area contributed by atoms with E-state index in [-0.39, 0.29) is 11.5 Å². The predicted molar refractivity (Wildman–Crippen MR) is 130 cm³/mol. The van der Waals surface area contributed by atoms with E-state index in [4.69, 9.17) is 0 Å². The van der Waals surface area contributed by atoms with Crippen LogP contribution in [0.15, 0.2) is 84.0 Å². The molecule has 0 aliphatic carbocycles. The molecule has 160 valence electrons. The Bertz CT molecular complexity index is 1130. The van der Waals surface area contributed by atoms with Gasteiger partial charge in [-0.2, -0.15) is 15.0 Å². The van der Waals surface area contributed by atoms with Gasteiger partial charge in [0, 0.05) is 16.9 Å². The molecule has 0 atom stereocenters. The second-order valence-corrected chi connectivity index (χ2v) is 8.27. The maximum atomic E-state index is 12.5. The fourth-order valence-corrected chi connectivity index (χ4v) is 3.63. The van der Waals surface area contributed by atoms with E-state index in [1.165, 1.54) is 22.9 Å². The Morgan fingerprint density at radius 3 is 1.72 bits per heavy atom.